The van der Waals surface area contributed by atoms with E-state index < -0.39 is 0 Å². The highest BCUT2D eigenvalue weighted by Crippen LogP contribution is 2.49. The van der Waals surface area contributed by atoms with Gasteiger partial charge < -0.3 is 9.47 Å². The fourth-order valence-electron chi connectivity index (χ4n) is 5.56. The van der Waals surface area contributed by atoms with Crippen LogP contribution in [0.2, 0.25) is 0 Å². The Morgan fingerprint density at radius 1 is 1.07 bits per heavy atom. The second-order valence-corrected chi connectivity index (χ2v) is 8.77. The van der Waals surface area contributed by atoms with Crippen molar-refractivity contribution < 1.29 is 14.3 Å². The molecule has 0 amide bonds. The Balaban J connectivity index is 1.36. The van der Waals surface area contributed by atoms with Crippen molar-refractivity contribution in [3.63, 3.8) is 0 Å². The minimum Gasteiger partial charge on any atom is -0.426 e. The molecule has 1 aliphatic heterocycles. The van der Waals surface area contributed by atoms with Crippen LogP contribution in [0.5, 0.6) is 5.75 Å². The smallest absolute Gasteiger partial charge is 0.311 e. The maximum absolute atomic E-state index is 12.8. The average Bonchev–Trinajstić information content (AvgIpc) is 3.34. The zero-order valence-electron chi connectivity index (χ0n) is 16.4. The highest BCUT2D eigenvalue weighted by atomic mass is 16.5. The molecule has 0 aromatic heterocycles. The number of hydrogen-bond donors (Lipinski definition) is 0. The third-order valence-electron chi connectivity index (χ3n) is 7.02. The summed E-state index contributed by atoms with van der Waals surface area (Å²) < 4.78 is 11.5. The van der Waals surface area contributed by atoms with Crippen LogP contribution >= 0.6 is 0 Å². The normalized spacial score (nSPS) is 27.4. The molecule has 3 aliphatic rings. The molecule has 1 saturated heterocycles. The molecular weight excluding hydrogens is 350 g/mol. The van der Waals surface area contributed by atoms with E-state index in [1.807, 2.05) is 6.07 Å². The maximum Gasteiger partial charge on any atom is 0.311 e. The lowest BCUT2D eigenvalue weighted by Crippen LogP contribution is -2.35. The number of rotatable bonds is 5. The van der Waals surface area contributed by atoms with Crippen LogP contribution in [0, 0.1) is 17.8 Å². The van der Waals surface area contributed by atoms with Gasteiger partial charge in [-0.2, -0.15) is 0 Å². The van der Waals surface area contributed by atoms with Crippen LogP contribution in [0.4, 0.5) is 0 Å². The Labute approximate surface area is 166 Å². The number of benzene rings is 2. The standard InChI is InChI=1S/C24H29NO3/c26-24(15-20-14-17-5-6-19(20)13-17)28-23-8-7-18-3-1-2-4-21(18)22(23)16-25-9-11-27-12-10-25/h1-4,7-8,17,19-20H,5-6,9-16H2/t17-,19-,20-/m1/s1. The topological polar surface area (TPSA) is 38.8 Å². The Hall–Kier alpha value is -1.91. The van der Waals surface area contributed by atoms with Gasteiger partial charge in [0, 0.05) is 31.6 Å². The minimum absolute atomic E-state index is 0.0592. The van der Waals surface area contributed by atoms with Crippen LogP contribution < -0.4 is 4.74 Å². The predicted molar refractivity (Wildman–Crippen MR) is 109 cm³/mol. The second-order valence-electron chi connectivity index (χ2n) is 8.77. The molecule has 2 aliphatic carbocycles. The monoisotopic (exact) mass is 379 g/mol. The fourth-order valence-corrected chi connectivity index (χ4v) is 5.56. The summed E-state index contributed by atoms with van der Waals surface area (Å²) >= 11 is 0. The number of esters is 1. The van der Waals surface area contributed by atoms with Gasteiger partial charge in [-0.3, -0.25) is 9.69 Å². The Bertz CT molecular complexity index is 858. The quantitative estimate of drug-likeness (QED) is 0.570. The summed E-state index contributed by atoms with van der Waals surface area (Å²) in [6, 6.07) is 12.4. The molecule has 4 heteroatoms. The van der Waals surface area contributed by atoms with Crippen LogP contribution in [0.1, 0.15) is 37.7 Å². The van der Waals surface area contributed by atoms with Crippen LogP contribution in [0.25, 0.3) is 10.8 Å². The lowest BCUT2D eigenvalue weighted by molar-refractivity contribution is -0.135. The van der Waals surface area contributed by atoms with Crippen LogP contribution in [0.15, 0.2) is 36.4 Å². The van der Waals surface area contributed by atoms with E-state index in [2.05, 4.69) is 35.2 Å². The molecule has 28 heavy (non-hydrogen) atoms. The van der Waals surface area contributed by atoms with E-state index in [1.165, 1.54) is 36.5 Å². The molecule has 1 heterocycles. The summed E-state index contributed by atoms with van der Waals surface area (Å²) in [7, 11) is 0. The Morgan fingerprint density at radius 2 is 1.93 bits per heavy atom. The van der Waals surface area contributed by atoms with Gasteiger partial charge in [0.25, 0.3) is 0 Å². The molecule has 2 aromatic rings. The van der Waals surface area contributed by atoms with Gasteiger partial charge in [0.2, 0.25) is 0 Å². The Kier molecular flexibility index (Phi) is 5.08. The van der Waals surface area contributed by atoms with Gasteiger partial charge in [0.05, 0.1) is 13.2 Å². The number of hydrogen-bond acceptors (Lipinski definition) is 4. The average molecular weight is 380 g/mol. The van der Waals surface area contributed by atoms with E-state index in [1.54, 1.807) is 0 Å². The summed E-state index contributed by atoms with van der Waals surface area (Å²) in [4.78, 5) is 15.2. The van der Waals surface area contributed by atoms with Crippen LogP contribution in [-0.4, -0.2) is 37.2 Å². The molecule has 0 spiro atoms. The lowest BCUT2D eigenvalue weighted by atomic mass is 9.86. The second kappa shape index (κ2) is 7.84. The maximum atomic E-state index is 12.8. The summed E-state index contributed by atoms with van der Waals surface area (Å²) in [5, 5.41) is 2.37. The van der Waals surface area contributed by atoms with E-state index in [0.29, 0.717) is 12.3 Å². The molecule has 5 rings (SSSR count). The van der Waals surface area contributed by atoms with Crippen LogP contribution in [0.3, 0.4) is 0 Å². The number of carbonyl (C=O) groups is 1. The molecule has 148 valence electrons. The van der Waals surface area contributed by atoms with Crippen molar-refractivity contribution in [1.29, 1.82) is 0 Å². The van der Waals surface area contributed by atoms with Gasteiger partial charge in [-0.1, -0.05) is 36.8 Å². The molecule has 2 bridgehead atoms. The molecule has 2 aromatic carbocycles. The molecule has 4 nitrogen and oxygen atoms in total. The number of morpholine rings is 1. The zero-order valence-corrected chi connectivity index (χ0v) is 16.4. The molecule has 0 radical (unpaired) electrons. The van der Waals surface area contributed by atoms with Crippen molar-refractivity contribution >= 4 is 16.7 Å². The van der Waals surface area contributed by atoms with Gasteiger partial charge in [-0.25, -0.2) is 0 Å². The first-order chi connectivity index (χ1) is 13.8. The van der Waals surface area contributed by atoms with E-state index in [4.69, 9.17) is 9.47 Å². The number of nitrogens with zero attached hydrogens (tertiary/aromatic N) is 1. The van der Waals surface area contributed by atoms with Crippen molar-refractivity contribution in [3.05, 3.63) is 42.0 Å². The highest BCUT2D eigenvalue weighted by molar-refractivity contribution is 5.88. The molecule has 0 N–H and O–H groups in total. The van der Waals surface area contributed by atoms with Crippen molar-refractivity contribution in [1.82, 2.24) is 4.90 Å². The summed E-state index contributed by atoms with van der Waals surface area (Å²) in [5.41, 5.74) is 1.13. The third kappa shape index (κ3) is 3.68. The summed E-state index contributed by atoms with van der Waals surface area (Å²) in [6.45, 7) is 4.17. The Morgan fingerprint density at radius 3 is 2.71 bits per heavy atom. The number of fused-ring (bicyclic) bond motifs is 3. The molecular formula is C24H29NO3. The fraction of sp³-hybridized carbons (Fsp3) is 0.542. The van der Waals surface area contributed by atoms with E-state index in [-0.39, 0.29) is 5.97 Å². The predicted octanol–water partition coefficient (Wildman–Crippen LogP) is 4.40. The van der Waals surface area contributed by atoms with Crippen molar-refractivity contribution in [3.8, 4) is 5.75 Å². The van der Waals surface area contributed by atoms with E-state index in [0.717, 1.165) is 56.0 Å². The lowest BCUT2D eigenvalue weighted by Gasteiger charge is -2.28. The minimum atomic E-state index is -0.0592. The SMILES string of the molecule is O=C(C[C@H]1C[C@@H]2CC[C@@H]1C2)Oc1ccc2ccccc2c1CN1CCOCC1. The first kappa shape index (κ1) is 18.1. The van der Waals surface area contributed by atoms with Crippen LogP contribution in [-0.2, 0) is 16.1 Å². The van der Waals surface area contributed by atoms with Gasteiger partial charge in [-0.05, 0) is 53.9 Å². The number of carbonyl (C=O) groups excluding carboxylic acids is 1. The first-order valence-electron chi connectivity index (χ1n) is 10.8. The van der Waals surface area contributed by atoms with Crippen molar-refractivity contribution in [2.75, 3.05) is 26.3 Å². The molecule has 3 atom stereocenters. The van der Waals surface area contributed by atoms with Gasteiger partial charge in [-0.15, -0.1) is 0 Å². The largest absolute Gasteiger partial charge is 0.426 e. The number of ether oxygens (including phenoxy) is 2. The summed E-state index contributed by atoms with van der Waals surface area (Å²) in [5.74, 6) is 2.83. The molecule has 3 fully saturated rings. The third-order valence-corrected chi connectivity index (χ3v) is 7.02. The van der Waals surface area contributed by atoms with Crippen molar-refractivity contribution in [2.24, 2.45) is 17.8 Å². The van der Waals surface area contributed by atoms with Crippen molar-refractivity contribution in [2.45, 2.75) is 38.6 Å². The van der Waals surface area contributed by atoms with E-state index in [9.17, 15) is 4.79 Å². The van der Waals surface area contributed by atoms with Gasteiger partial charge in [0.15, 0.2) is 0 Å². The van der Waals surface area contributed by atoms with Gasteiger partial charge in [0.1, 0.15) is 5.75 Å². The highest BCUT2D eigenvalue weighted by Gasteiger charge is 2.40. The van der Waals surface area contributed by atoms with E-state index >= 15 is 0 Å². The first-order valence-corrected chi connectivity index (χ1v) is 10.8. The molecule has 2 saturated carbocycles. The zero-order chi connectivity index (χ0) is 18.9. The summed E-state index contributed by atoms with van der Waals surface area (Å²) in [6.07, 6.45) is 5.80. The van der Waals surface area contributed by atoms with Gasteiger partial charge >= 0.3 is 5.97 Å². The molecule has 0 unspecified atom stereocenters.